The molecule has 1 aromatic carbocycles. The summed E-state index contributed by atoms with van der Waals surface area (Å²) < 4.78 is 11.6. The molecule has 0 bridgehead atoms. The predicted octanol–water partition coefficient (Wildman–Crippen LogP) is 1.53. The molecule has 0 unspecified atom stereocenters. The van der Waals surface area contributed by atoms with Gasteiger partial charge in [0.2, 0.25) is 0 Å². The fourth-order valence-corrected chi connectivity index (χ4v) is 4.25. The summed E-state index contributed by atoms with van der Waals surface area (Å²) in [6, 6.07) is 3.62. The van der Waals surface area contributed by atoms with Gasteiger partial charge in [-0.2, -0.15) is 0 Å². The number of aromatic hydroxyl groups is 1. The van der Waals surface area contributed by atoms with E-state index in [2.05, 4.69) is 11.4 Å². The Morgan fingerprint density at radius 3 is 3.16 bits per heavy atom. The normalized spacial score (nSPS) is 30.6. The zero-order valence-corrected chi connectivity index (χ0v) is 14.2. The van der Waals surface area contributed by atoms with Crippen molar-refractivity contribution >= 4 is 5.97 Å². The average molecular weight is 345 g/mol. The maximum Gasteiger partial charge on any atom is 0.308 e. The van der Waals surface area contributed by atoms with Gasteiger partial charge in [-0.15, -0.1) is 0 Å². The van der Waals surface area contributed by atoms with Gasteiger partial charge in [-0.1, -0.05) is 12.1 Å². The molecule has 4 rings (SSSR count). The van der Waals surface area contributed by atoms with E-state index in [0.29, 0.717) is 12.2 Å². The van der Waals surface area contributed by atoms with Crippen LogP contribution in [0.3, 0.4) is 0 Å². The third-order valence-corrected chi connectivity index (χ3v) is 5.35. The van der Waals surface area contributed by atoms with E-state index in [1.165, 1.54) is 0 Å². The number of nitrogens with one attached hydrogen (secondary N) is 1. The molecular formula is C19H23NO5. The largest absolute Gasteiger partial charge is 0.504 e. The summed E-state index contributed by atoms with van der Waals surface area (Å²) in [6.07, 6.45) is 4.13. The Kier molecular flexibility index (Phi) is 3.96. The molecule has 1 spiro atoms. The van der Waals surface area contributed by atoms with Gasteiger partial charge in [0.25, 0.3) is 0 Å². The number of phenols is 1. The summed E-state index contributed by atoms with van der Waals surface area (Å²) >= 11 is 0. The first-order valence-electron chi connectivity index (χ1n) is 8.79. The number of hydrogen-bond donors (Lipinski definition) is 3. The fourth-order valence-electron chi connectivity index (χ4n) is 4.25. The van der Waals surface area contributed by atoms with Crippen molar-refractivity contribution in [3.05, 3.63) is 35.4 Å². The summed E-state index contributed by atoms with van der Waals surface area (Å²) in [5, 5.41) is 23.0. The molecule has 25 heavy (non-hydrogen) atoms. The number of ether oxygens (including phenoxy) is 2. The number of benzene rings is 1. The maximum atomic E-state index is 11.8. The molecule has 0 amide bonds. The van der Waals surface area contributed by atoms with Crippen LogP contribution in [0.2, 0.25) is 0 Å². The number of aliphatic hydroxyl groups is 1. The summed E-state index contributed by atoms with van der Waals surface area (Å²) in [4.78, 5) is 11.8. The molecule has 0 saturated heterocycles. The molecule has 0 saturated carbocycles. The van der Waals surface area contributed by atoms with Gasteiger partial charge in [0, 0.05) is 18.5 Å². The first-order chi connectivity index (χ1) is 12.0. The van der Waals surface area contributed by atoms with Crippen molar-refractivity contribution in [2.45, 2.75) is 56.5 Å². The Balaban J connectivity index is 1.64. The number of aliphatic hydroxyl groups excluding tert-OH is 1. The quantitative estimate of drug-likeness (QED) is 0.569. The van der Waals surface area contributed by atoms with Gasteiger partial charge in [0.15, 0.2) is 11.5 Å². The van der Waals surface area contributed by atoms with E-state index < -0.39 is 12.1 Å². The smallest absolute Gasteiger partial charge is 0.308 e. The minimum absolute atomic E-state index is 0.0178. The second kappa shape index (κ2) is 6.04. The zero-order valence-electron chi connectivity index (χ0n) is 14.2. The van der Waals surface area contributed by atoms with E-state index in [9.17, 15) is 15.0 Å². The number of phenolic OH excluding ortho intramolecular Hbond substituents is 1. The molecule has 3 aliphatic rings. The van der Waals surface area contributed by atoms with Crippen molar-refractivity contribution in [3.8, 4) is 11.5 Å². The van der Waals surface area contributed by atoms with Gasteiger partial charge < -0.3 is 25.0 Å². The number of rotatable bonds is 3. The Hall–Kier alpha value is -2.05. The van der Waals surface area contributed by atoms with E-state index >= 15 is 0 Å². The van der Waals surface area contributed by atoms with Crippen LogP contribution >= 0.6 is 0 Å². The molecule has 2 aliphatic heterocycles. The molecule has 6 heteroatoms. The van der Waals surface area contributed by atoms with Crippen molar-refractivity contribution in [2.24, 2.45) is 0 Å². The number of carbonyl (C=O) groups excluding carboxylic acids is 1. The van der Waals surface area contributed by atoms with E-state index in [1.54, 1.807) is 13.0 Å². The number of esters is 1. The molecule has 0 fully saturated rings. The molecule has 6 nitrogen and oxygen atoms in total. The van der Waals surface area contributed by atoms with Crippen LogP contribution in [-0.4, -0.2) is 41.0 Å². The summed E-state index contributed by atoms with van der Waals surface area (Å²) in [5.41, 5.74) is 1.91. The average Bonchev–Trinajstić information content (AvgIpc) is 2.77. The summed E-state index contributed by atoms with van der Waals surface area (Å²) in [6.45, 7) is 3.17. The Bertz CT molecular complexity index is 729. The number of carbonyl (C=O) groups is 1. The van der Waals surface area contributed by atoms with Crippen molar-refractivity contribution in [2.75, 3.05) is 6.54 Å². The van der Waals surface area contributed by atoms with E-state index in [0.717, 1.165) is 30.6 Å². The van der Waals surface area contributed by atoms with Crippen molar-refractivity contribution in [1.29, 1.82) is 0 Å². The summed E-state index contributed by atoms with van der Waals surface area (Å²) in [7, 11) is 0. The second-order valence-electron chi connectivity index (χ2n) is 7.20. The van der Waals surface area contributed by atoms with Crippen LogP contribution in [0.15, 0.2) is 24.3 Å². The van der Waals surface area contributed by atoms with E-state index in [1.807, 2.05) is 12.1 Å². The summed E-state index contributed by atoms with van der Waals surface area (Å²) in [5.74, 6) is 0.305. The minimum Gasteiger partial charge on any atom is -0.504 e. The van der Waals surface area contributed by atoms with E-state index in [4.69, 9.17) is 9.47 Å². The monoisotopic (exact) mass is 345 g/mol. The van der Waals surface area contributed by atoms with Crippen LogP contribution in [0.5, 0.6) is 11.5 Å². The Labute approximate surface area is 146 Å². The lowest BCUT2D eigenvalue weighted by molar-refractivity contribution is -0.150. The van der Waals surface area contributed by atoms with Crippen molar-refractivity contribution < 1.29 is 24.5 Å². The number of hydrogen-bond acceptors (Lipinski definition) is 6. The Morgan fingerprint density at radius 1 is 1.52 bits per heavy atom. The SMILES string of the molecule is C[C@@H](O)CC(=O)O[C@H]1C=C[C@@]23CCNCc4ccc(O)c(c42)O[C@H]3C1. The van der Waals surface area contributed by atoms with Crippen LogP contribution in [-0.2, 0) is 21.5 Å². The van der Waals surface area contributed by atoms with Crippen LogP contribution < -0.4 is 10.1 Å². The van der Waals surface area contributed by atoms with Crippen molar-refractivity contribution in [1.82, 2.24) is 5.32 Å². The molecular weight excluding hydrogens is 322 g/mol. The highest BCUT2D eigenvalue weighted by Crippen LogP contribution is 2.55. The lowest BCUT2D eigenvalue weighted by atomic mass is 9.69. The predicted molar refractivity (Wildman–Crippen MR) is 90.5 cm³/mol. The third kappa shape index (κ3) is 2.69. The zero-order chi connectivity index (χ0) is 17.6. The van der Waals surface area contributed by atoms with Crippen molar-refractivity contribution in [3.63, 3.8) is 0 Å². The van der Waals surface area contributed by atoms with Crippen LogP contribution in [0.1, 0.15) is 37.3 Å². The molecule has 2 heterocycles. The first kappa shape index (κ1) is 16.4. The molecule has 1 aliphatic carbocycles. The molecule has 0 aromatic heterocycles. The molecule has 3 N–H and O–H groups in total. The standard InChI is InChI=1S/C19H23NO5/c1-11(21)8-16(23)24-13-4-5-19-6-7-20-10-12-2-3-14(22)18(17(12)19)25-15(19)9-13/h2-5,11,13,15,20-22H,6-10H2,1H3/t11-,13+,15+,19+/m1/s1. The van der Waals surface area contributed by atoms with Crippen LogP contribution in [0.25, 0.3) is 0 Å². The maximum absolute atomic E-state index is 11.8. The fraction of sp³-hybridized carbons (Fsp3) is 0.526. The van der Waals surface area contributed by atoms with Gasteiger partial charge in [-0.05, 0) is 37.6 Å². The van der Waals surface area contributed by atoms with Crippen LogP contribution in [0.4, 0.5) is 0 Å². The molecule has 1 aromatic rings. The van der Waals surface area contributed by atoms with E-state index in [-0.39, 0.29) is 29.8 Å². The third-order valence-electron chi connectivity index (χ3n) is 5.35. The van der Waals surface area contributed by atoms with Crippen LogP contribution in [0, 0.1) is 0 Å². The van der Waals surface area contributed by atoms with Gasteiger partial charge in [0.05, 0.1) is 17.9 Å². The molecule has 0 radical (unpaired) electrons. The second-order valence-corrected chi connectivity index (χ2v) is 7.20. The van der Waals surface area contributed by atoms with Gasteiger partial charge >= 0.3 is 5.97 Å². The lowest BCUT2D eigenvalue weighted by Crippen LogP contribution is -2.43. The molecule has 134 valence electrons. The first-order valence-corrected chi connectivity index (χ1v) is 8.79. The van der Waals surface area contributed by atoms with Gasteiger partial charge in [0.1, 0.15) is 12.2 Å². The highest BCUT2D eigenvalue weighted by Gasteiger charge is 2.52. The van der Waals surface area contributed by atoms with Gasteiger partial charge in [-0.3, -0.25) is 4.79 Å². The molecule has 4 atom stereocenters. The minimum atomic E-state index is -0.717. The highest BCUT2D eigenvalue weighted by atomic mass is 16.5. The highest BCUT2D eigenvalue weighted by molar-refractivity contribution is 5.70. The van der Waals surface area contributed by atoms with Gasteiger partial charge in [-0.25, -0.2) is 0 Å². The topological polar surface area (TPSA) is 88.0 Å². The Morgan fingerprint density at radius 2 is 2.36 bits per heavy atom. The lowest BCUT2D eigenvalue weighted by Gasteiger charge is -2.36.